The largest absolute Gasteiger partial charge is 0.504 e. The quantitative estimate of drug-likeness (QED) is 0.181. The highest BCUT2D eigenvalue weighted by molar-refractivity contribution is 5.75. The van der Waals surface area contributed by atoms with Gasteiger partial charge in [0.1, 0.15) is 0 Å². The standard InChI is InChI=1S/C27H45NO3/c1-3-4-5-6-7-8-9-10-11-12-13-14-15-16-17-18-27(30)28-22-21-24-19-20-25(29)26(23-24)31-2/h10-11,19-20,23,29H,3-9,12-18,21-22H2,1-2H3,(H,28,30)/b11-10-. The molecule has 31 heavy (non-hydrogen) atoms. The number of phenolic OH excluding ortho intramolecular Hbond substituents is 1. The normalized spacial score (nSPS) is 11.2. The molecule has 0 saturated carbocycles. The molecule has 0 radical (unpaired) electrons. The Morgan fingerprint density at radius 1 is 0.935 bits per heavy atom. The summed E-state index contributed by atoms with van der Waals surface area (Å²) >= 11 is 0. The van der Waals surface area contributed by atoms with E-state index in [-0.39, 0.29) is 11.7 Å². The number of unbranched alkanes of at least 4 members (excludes halogenated alkanes) is 11. The molecule has 0 aliphatic heterocycles. The summed E-state index contributed by atoms with van der Waals surface area (Å²) in [6.45, 7) is 2.87. The Balaban J connectivity index is 1.91. The molecule has 0 spiro atoms. The summed E-state index contributed by atoms with van der Waals surface area (Å²) in [4.78, 5) is 12.0. The molecular formula is C27H45NO3. The Morgan fingerprint density at radius 3 is 2.19 bits per heavy atom. The zero-order chi connectivity index (χ0) is 22.6. The number of carbonyl (C=O) groups excluding carboxylic acids is 1. The number of rotatable bonds is 19. The molecule has 0 atom stereocenters. The third kappa shape index (κ3) is 14.6. The maximum atomic E-state index is 12.0. The van der Waals surface area contributed by atoms with Gasteiger partial charge in [-0.25, -0.2) is 0 Å². The molecule has 176 valence electrons. The molecular weight excluding hydrogens is 386 g/mol. The first-order valence-electron chi connectivity index (χ1n) is 12.4. The summed E-state index contributed by atoms with van der Waals surface area (Å²) < 4.78 is 5.11. The number of allylic oxidation sites excluding steroid dienone is 2. The van der Waals surface area contributed by atoms with Crippen molar-refractivity contribution in [3.63, 3.8) is 0 Å². The van der Waals surface area contributed by atoms with Crippen molar-refractivity contribution < 1.29 is 14.6 Å². The van der Waals surface area contributed by atoms with Gasteiger partial charge in [-0.1, -0.05) is 76.5 Å². The highest BCUT2D eigenvalue weighted by atomic mass is 16.5. The van der Waals surface area contributed by atoms with Crippen LogP contribution in [-0.2, 0) is 11.2 Å². The minimum absolute atomic E-state index is 0.128. The fraction of sp³-hybridized carbons (Fsp3) is 0.667. The maximum absolute atomic E-state index is 12.0. The molecule has 0 heterocycles. The summed E-state index contributed by atoms with van der Waals surface area (Å²) in [6.07, 6.45) is 22.5. The lowest BCUT2D eigenvalue weighted by molar-refractivity contribution is -0.121. The molecule has 4 nitrogen and oxygen atoms in total. The van der Waals surface area contributed by atoms with Crippen molar-refractivity contribution in [3.05, 3.63) is 35.9 Å². The first-order valence-corrected chi connectivity index (χ1v) is 12.4. The molecule has 0 saturated heterocycles. The number of hydrogen-bond donors (Lipinski definition) is 2. The molecule has 0 bridgehead atoms. The molecule has 0 fully saturated rings. The Kier molecular flexibility index (Phi) is 16.4. The van der Waals surface area contributed by atoms with Crippen molar-refractivity contribution in [1.82, 2.24) is 5.32 Å². The van der Waals surface area contributed by atoms with Gasteiger partial charge in [-0.2, -0.15) is 0 Å². The van der Waals surface area contributed by atoms with Crippen molar-refractivity contribution in [2.45, 2.75) is 103 Å². The van der Waals surface area contributed by atoms with Gasteiger partial charge in [-0.05, 0) is 56.2 Å². The first kappa shape index (κ1) is 27.1. The van der Waals surface area contributed by atoms with Crippen LogP contribution in [0.4, 0.5) is 0 Å². The Hall–Kier alpha value is -1.97. The number of phenols is 1. The van der Waals surface area contributed by atoms with Crippen LogP contribution in [0.3, 0.4) is 0 Å². The lowest BCUT2D eigenvalue weighted by Gasteiger charge is -2.08. The SMILES string of the molecule is CCCCCCCC/C=C\CCCCCCCC(=O)NCCc1ccc(O)c(OC)c1. The van der Waals surface area contributed by atoms with Crippen LogP contribution in [0.1, 0.15) is 102 Å². The fourth-order valence-corrected chi connectivity index (χ4v) is 3.67. The van der Waals surface area contributed by atoms with Gasteiger partial charge in [-0.15, -0.1) is 0 Å². The van der Waals surface area contributed by atoms with Crippen LogP contribution < -0.4 is 10.1 Å². The van der Waals surface area contributed by atoms with E-state index < -0.39 is 0 Å². The van der Waals surface area contributed by atoms with Gasteiger partial charge in [0, 0.05) is 13.0 Å². The molecule has 0 unspecified atom stereocenters. The highest BCUT2D eigenvalue weighted by Gasteiger charge is 2.04. The number of amides is 1. The number of ether oxygens (including phenoxy) is 1. The average Bonchev–Trinajstić information content (AvgIpc) is 2.77. The van der Waals surface area contributed by atoms with E-state index in [1.54, 1.807) is 6.07 Å². The van der Waals surface area contributed by atoms with Gasteiger partial charge < -0.3 is 15.2 Å². The predicted molar refractivity (Wildman–Crippen MR) is 131 cm³/mol. The Labute approximate surface area is 190 Å². The van der Waals surface area contributed by atoms with Gasteiger partial charge in [0.25, 0.3) is 0 Å². The van der Waals surface area contributed by atoms with E-state index in [1.165, 1.54) is 77.7 Å². The highest BCUT2D eigenvalue weighted by Crippen LogP contribution is 2.26. The molecule has 0 aliphatic rings. The monoisotopic (exact) mass is 431 g/mol. The van der Waals surface area contributed by atoms with E-state index in [0.29, 0.717) is 18.7 Å². The first-order chi connectivity index (χ1) is 15.2. The lowest BCUT2D eigenvalue weighted by Crippen LogP contribution is -2.25. The van der Waals surface area contributed by atoms with E-state index >= 15 is 0 Å². The van der Waals surface area contributed by atoms with Crippen molar-refractivity contribution in [3.8, 4) is 11.5 Å². The van der Waals surface area contributed by atoms with Gasteiger partial charge in [0.2, 0.25) is 5.91 Å². The van der Waals surface area contributed by atoms with E-state index in [1.807, 2.05) is 12.1 Å². The molecule has 2 N–H and O–H groups in total. The molecule has 1 rings (SSSR count). The second-order valence-corrected chi connectivity index (χ2v) is 8.44. The summed E-state index contributed by atoms with van der Waals surface area (Å²) in [6, 6.07) is 5.29. The Bertz CT molecular complexity index is 612. The number of carbonyl (C=O) groups is 1. The second-order valence-electron chi connectivity index (χ2n) is 8.44. The van der Waals surface area contributed by atoms with Crippen LogP contribution in [0.5, 0.6) is 11.5 Å². The van der Waals surface area contributed by atoms with E-state index in [2.05, 4.69) is 24.4 Å². The zero-order valence-electron chi connectivity index (χ0n) is 20.0. The average molecular weight is 432 g/mol. The maximum Gasteiger partial charge on any atom is 0.220 e. The predicted octanol–water partition coefficient (Wildman–Crippen LogP) is 7.10. The third-order valence-electron chi connectivity index (χ3n) is 5.65. The van der Waals surface area contributed by atoms with Crippen LogP contribution in [0, 0.1) is 0 Å². The lowest BCUT2D eigenvalue weighted by atomic mass is 10.1. The van der Waals surface area contributed by atoms with E-state index in [9.17, 15) is 9.90 Å². The van der Waals surface area contributed by atoms with Crippen LogP contribution in [0.25, 0.3) is 0 Å². The van der Waals surface area contributed by atoms with Gasteiger partial charge >= 0.3 is 0 Å². The summed E-state index contributed by atoms with van der Waals surface area (Å²) in [5, 5.41) is 12.6. The summed E-state index contributed by atoms with van der Waals surface area (Å²) in [5.74, 6) is 0.736. The molecule has 1 aromatic rings. The molecule has 4 heteroatoms. The number of nitrogens with one attached hydrogen (secondary N) is 1. The Morgan fingerprint density at radius 2 is 1.55 bits per heavy atom. The molecule has 0 aromatic heterocycles. The minimum atomic E-state index is 0.128. The smallest absolute Gasteiger partial charge is 0.220 e. The topological polar surface area (TPSA) is 58.6 Å². The number of hydrogen-bond acceptors (Lipinski definition) is 3. The van der Waals surface area contributed by atoms with Gasteiger partial charge in [0.15, 0.2) is 11.5 Å². The molecule has 1 amide bonds. The van der Waals surface area contributed by atoms with E-state index in [0.717, 1.165) is 24.8 Å². The third-order valence-corrected chi connectivity index (χ3v) is 5.65. The minimum Gasteiger partial charge on any atom is -0.504 e. The van der Waals surface area contributed by atoms with Gasteiger partial charge in [-0.3, -0.25) is 4.79 Å². The fourth-order valence-electron chi connectivity index (χ4n) is 3.67. The van der Waals surface area contributed by atoms with Crippen LogP contribution in [-0.4, -0.2) is 24.7 Å². The number of benzene rings is 1. The van der Waals surface area contributed by atoms with Crippen LogP contribution >= 0.6 is 0 Å². The van der Waals surface area contributed by atoms with E-state index in [4.69, 9.17) is 4.74 Å². The second kappa shape index (κ2) is 18.8. The summed E-state index contributed by atoms with van der Waals surface area (Å²) in [5.41, 5.74) is 1.04. The van der Waals surface area contributed by atoms with Crippen molar-refractivity contribution >= 4 is 5.91 Å². The molecule has 1 aromatic carbocycles. The van der Waals surface area contributed by atoms with Crippen molar-refractivity contribution in [2.75, 3.05) is 13.7 Å². The van der Waals surface area contributed by atoms with Gasteiger partial charge in [0.05, 0.1) is 7.11 Å². The van der Waals surface area contributed by atoms with Crippen LogP contribution in [0.2, 0.25) is 0 Å². The van der Waals surface area contributed by atoms with Crippen molar-refractivity contribution in [1.29, 1.82) is 0 Å². The molecule has 0 aliphatic carbocycles. The summed E-state index contributed by atoms with van der Waals surface area (Å²) in [7, 11) is 1.54. The number of aromatic hydroxyl groups is 1. The van der Waals surface area contributed by atoms with Crippen LogP contribution in [0.15, 0.2) is 30.4 Å². The number of methoxy groups -OCH3 is 1. The zero-order valence-corrected chi connectivity index (χ0v) is 20.0. The van der Waals surface area contributed by atoms with Crippen molar-refractivity contribution in [2.24, 2.45) is 0 Å².